The topological polar surface area (TPSA) is 38.3 Å². The molecule has 0 bridgehead atoms. The predicted molar refractivity (Wildman–Crippen MR) is 89.5 cm³/mol. The summed E-state index contributed by atoms with van der Waals surface area (Å²) in [6, 6.07) is 10.5. The standard InChI is InChI=1S/C15H12BrCl2NO2/c1-9-2-4-13(12(18)6-9)19-15(20)8-21-14-5-3-10(17)7-11(14)16/h2-7H,8H2,1H3,(H,19,20). The lowest BCUT2D eigenvalue weighted by Gasteiger charge is -2.10. The number of carbonyl (C=O) groups is 1. The van der Waals surface area contributed by atoms with Gasteiger partial charge in [-0.3, -0.25) is 4.79 Å². The molecule has 0 saturated heterocycles. The number of nitrogens with one attached hydrogen (secondary N) is 1. The van der Waals surface area contributed by atoms with E-state index in [4.69, 9.17) is 27.9 Å². The van der Waals surface area contributed by atoms with Gasteiger partial charge in [-0.25, -0.2) is 0 Å². The predicted octanol–water partition coefficient (Wildman–Crippen LogP) is 5.08. The average molecular weight is 389 g/mol. The van der Waals surface area contributed by atoms with Crippen molar-refractivity contribution in [3.63, 3.8) is 0 Å². The molecule has 2 aromatic rings. The maximum absolute atomic E-state index is 11.9. The first-order valence-electron chi connectivity index (χ1n) is 6.09. The van der Waals surface area contributed by atoms with Crippen molar-refractivity contribution in [2.24, 2.45) is 0 Å². The first-order chi connectivity index (χ1) is 9.95. The highest BCUT2D eigenvalue weighted by molar-refractivity contribution is 9.10. The number of hydrogen-bond donors (Lipinski definition) is 1. The van der Waals surface area contributed by atoms with Gasteiger partial charge in [-0.1, -0.05) is 29.3 Å². The van der Waals surface area contributed by atoms with E-state index in [0.29, 0.717) is 26.0 Å². The Labute approximate surface area is 141 Å². The number of benzene rings is 2. The molecule has 0 radical (unpaired) electrons. The summed E-state index contributed by atoms with van der Waals surface area (Å²) >= 11 is 15.2. The lowest BCUT2D eigenvalue weighted by Crippen LogP contribution is -2.20. The Balaban J connectivity index is 1.96. The molecular weight excluding hydrogens is 377 g/mol. The molecule has 0 aromatic heterocycles. The van der Waals surface area contributed by atoms with Crippen LogP contribution in [0.3, 0.4) is 0 Å². The van der Waals surface area contributed by atoms with Gasteiger partial charge in [0.2, 0.25) is 0 Å². The van der Waals surface area contributed by atoms with Crippen LogP contribution in [0.5, 0.6) is 5.75 Å². The normalized spacial score (nSPS) is 10.3. The van der Waals surface area contributed by atoms with E-state index in [1.807, 2.05) is 13.0 Å². The van der Waals surface area contributed by atoms with Crippen LogP contribution in [0.25, 0.3) is 0 Å². The Morgan fingerprint density at radius 1 is 1.24 bits per heavy atom. The van der Waals surface area contributed by atoms with Gasteiger partial charge in [-0.15, -0.1) is 0 Å². The Bertz CT molecular complexity index is 677. The second-order valence-corrected chi connectivity index (χ2v) is 6.09. The third-order valence-electron chi connectivity index (χ3n) is 2.65. The molecule has 0 fully saturated rings. The summed E-state index contributed by atoms with van der Waals surface area (Å²) < 4.78 is 6.12. The number of hydrogen-bond acceptors (Lipinski definition) is 2. The van der Waals surface area contributed by atoms with Crippen molar-refractivity contribution in [1.82, 2.24) is 0 Å². The zero-order valence-corrected chi connectivity index (χ0v) is 14.2. The maximum Gasteiger partial charge on any atom is 0.262 e. The summed E-state index contributed by atoms with van der Waals surface area (Å²) in [4.78, 5) is 11.9. The van der Waals surface area contributed by atoms with Gasteiger partial charge in [0, 0.05) is 5.02 Å². The molecule has 0 atom stereocenters. The van der Waals surface area contributed by atoms with Crippen molar-refractivity contribution in [2.45, 2.75) is 6.92 Å². The van der Waals surface area contributed by atoms with Gasteiger partial charge < -0.3 is 10.1 Å². The molecule has 0 aliphatic carbocycles. The van der Waals surface area contributed by atoms with Crippen LogP contribution < -0.4 is 10.1 Å². The monoisotopic (exact) mass is 387 g/mol. The fourth-order valence-corrected chi connectivity index (χ4v) is 2.72. The molecule has 110 valence electrons. The number of amides is 1. The SMILES string of the molecule is Cc1ccc(NC(=O)COc2ccc(Cl)cc2Br)c(Cl)c1. The number of carbonyl (C=O) groups excluding carboxylic acids is 1. The van der Waals surface area contributed by atoms with Crippen molar-refractivity contribution < 1.29 is 9.53 Å². The lowest BCUT2D eigenvalue weighted by molar-refractivity contribution is -0.118. The van der Waals surface area contributed by atoms with Crippen LogP contribution in [0, 0.1) is 6.92 Å². The summed E-state index contributed by atoms with van der Waals surface area (Å²) in [5.74, 6) is 0.257. The van der Waals surface area contributed by atoms with E-state index in [2.05, 4.69) is 21.2 Å². The van der Waals surface area contributed by atoms with Gasteiger partial charge in [0.1, 0.15) is 5.75 Å². The molecule has 0 heterocycles. The molecule has 2 rings (SSSR count). The van der Waals surface area contributed by atoms with E-state index in [1.54, 1.807) is 30.3 Å². The molecule has 1 N–H and O–H groups in total. The van der Waals surface area contributed by atoms with Crippen molar-refractivity contribution in [2.75, 3.05) is 11.9 Å². The molecule has 0 spiro atoms. The molecule has 3 nitrogen and oxygen atoms in total. The van der Waals surface area contributed by atoms with E-state index in [0.717, 1.165) is 5.56 Å². The molecule has 0 unspecified atom stereocenters. The Kier molecular flexibility index (Phi) is 5.51. The fourth-order valence-electron chi connectivity index (χ4n) is 1.64. The molecule has 2 aromatic carbocycles. The Hall–Kier alpha value is -1.23. The minimum atomic E-state index is -0.289. The lowest BCUT2D eigenvalue weighted by atomic mass is 10.2. The summed E-state index contributed by atoms with van der Waals surface area (Å²) in [6.07, 6.45) is 0. The van der Waals surface area contributed by atoms with Crippen LogP contribution in [0.4, 0.5) is 5.69 Å². The highest BCUT2D eigenvalue weighted by Gasteiger charge is 2.08. The average Bonchev–Trinajstić information content (AvgIpc) is 2.41. The van der Waals surface area contributed by atoms with Gasteiger partial charge in [0.15, 0.2) is 6.61 Å². The molecule has 0 aliphatic heterocycles. The molecule has 0 saturated carbocycles. The number of ether oxygens (including phenoxy) is 1. The minimum absolute atomic E-state index is 0.121. The van der Waals surface area contributed by atoms with E-state index in [-0.39, 0.29) is 12.5 Å². The highest BCUT2D eigenvalue weighted by Crippen LogP contribution is 2.28. The Morgan fingerprint density at radius 2 is 2.00 bits per heavy atom. The maximum atomic E-state index is 11.9. The van der Waals surface area contributed by atoms with Crippen molar-refractivity contribution in [3.8, 4) is 5.75 Å². The van der Waals surface area contributed by atoms with Gasteiger partial charge in [0.25, 0.3) is 5.91 Å². The molecule has 1 amide bonds. The minimum Gasteiger partial charge on any atom is -0.483 e. The van der Waals surface area contributed by atoms with E-state index < -0.39 is 0 Å². The van der Waals surface area contributed by atoms with E-state index in [1.165, 1.54) is 0 Å². The van der Waals surface area contributed by atoms with Gasteiger partial charge in [0.05, 0.1) is 15.2 Å². The van der Waals surface area contributed by atoms with Crippen molar-refractivity contribution >= 4 is 50.7 Å². The van der Waals surface area contributed by atoms with Crippen LogP contribution in [0.2, 0.25) is 10.0 Å². The molecule has 6 heteroatoms. The molecule has 0 aliphatic rings. The second-order valence-electron chi connectivity index (χ2n) is 4.39. The summed E-state index contributed by atoms with van der Waals surface area (Å²) in [7, 11) is 0. The zero-order valence-electron chi connectivity index (χ0n) is 11.1. The Morgan fingerprint density at radius 3 is 2.67 bits per heavy atom. The van der Waals surface area contributed by atoms with Crippen LogP contribution in [-0.2, 0) is 4.79 Å². The van der Waals surface area contributed by atoms with E-state index in [9.17, 15) is 4.79 Å². The fraction of sp³-hybridized carbons (Fsp3) is 0.133. The van der Waals surface area contributed by atoms with Crippen LogP contribution in [0.1, 0.15) is 5.56 Å². The first-order valence-corrected chi connectivity index (χ1v) is 7.64. The quantitative estimate of drug-likeness (QED) is 0.792. The van der Waals surface area contributed by atoms with Crippen LogP contribution in [0.15, 0.2) is 40.9 Å². The summed E-state index contributed by atoms with van der Waals surface area (Å²) in [5.41, 5.74) is 1.59. The van der Waals surface area contributed by atoms with Gasteiger partial charge in [-0.05, 0) is 58.7 Å². The second kappa shape index (κ2) is 7.16. The third-order valence-corrected chi connectivity index (χ3v) is 3.82. The van der Waals surface area contributed by atoms with Gasteiger partial charge >= 0.3 is 0 Å². The summed E-state index contributed by atoms with van der Waals surface area (Å²) in [5, 5.41) is 3.79. The largest absolute Gasteiger partial charge is 0.483 e. The van der Waals surface area contributed by atoms with Crippen molar-refractivity contribution in [3.05, 3.63) is 56.5 Å². The number of rotatable bonds is 4. The van der Waals surface area contributed by atoms with Crippen molar-refractivity contribution in [1.29, 1.82) is 0 Å². The zero-order chi connectivity index (χ0) is 15.4. The van der Waals surface area contributed by atoms with Crippen LogP contribution in [-0.4, -0.2) is 12.5 Å². The van der Waals surface area contributed by atoms with Gasteiger partial charge in [-0.2, -0.15) is 0 Å². The third kappa shape index (κ3) is 4.63. The summed E-state index contributed by atoms with van der Waals surface area (Å²) in [6.45, 7) is 1.81. The highest BCUT2D eigenvalue weighted by atomic mass is 79.9. The molecule has 21 heavy (non-hydrogen) atoms. The number of aryl methyl sites for hydroxylation is 1. The van der Waals surface area contributed by atoms with Crippen LogP contribution >= 0.6 is 39.1 Å². The van der Waals surface area contributed by atoms with E-state index >= 15 is 0 Å². The number of halogens is 3. The smallest absolute Gasteiger partial charge is 0.262 e. The molecular formula is C15H12BrCl2NO2. The first kappa shape index (κ1) is 16.1. The number of anilines is 1.